The zero-order valence-corrected chi connectivity index (χ0v) is 18.5. The highest BCUT2D eigenvalue weighted by molar-refractivity contribution is 5.90. The fourth-order valence-electron chi connectivity index (χ4n) is 3.21. The van der Waals surface area contributed by atoms with E-state index in [2.05, 4.69) is 10.6 Å². The van der Waals surface area contributed by atoms with Gasteiger partial charge >= 0.3 is 11.9 Å². The first-order valence-corrected chi connectivity index (χ1v) is 10.2. The molecule has 0 spiro atoms. The van der Waals surface area contributed by atoms with Gasteiger partial charge in [0.2, 0.25) is 11.8 Å². The van der Waals surface area contributed by atoms with Crippen molar-refractivity contribution in [3.8, 4) is 0 Å². The predicted molar refractivity (Wildman–Crippen MR) is 114 cm³/mol. The van der Waals surface area contributed by atoms with Gasteiger partial charge in [0.15, 0.2) is 0 Å². The minimum atomic E-state index is -1.54. The lowest BCUT2D eigenvalue weighted by molar-refractivity contribution is -0.384. The number of hydrogen-bond donors (Lipinski definition) is 3. The summed E-state index contributed by atoms with van der Waals surface area (Å²) in [7, 11) is 0. The number of benzene rings is 1. The molecule has 0 saturated carbocycles. The summed E-state index contributed by atoms with van der Waals surface area (Å²) < 4.78 is 4.93. The normalized spacial score (nSPS) is 13.5. The minimum absolute atomic E-state index is 0.0332. The van der Waals surface area contributed by atoms with Gasteiger partial charge in [-0.2, -0.15) is 0 Å². The second-order valence-corrected chi connectivity index (χ2v) is 7.67. The van der Waals surface area contributed by atoms with Crippen molar-refractivity contribution < 1.29 is 33.9 Å². The Labute approximate surface area is 185 Å². The minimum Gasteiger partial charge on any atom is -0.480 e. The molecule has 176 valence electrons. The number of hydrogen-bond acceptors (Lipinski definition) is 7. The molecule has 0 fully saturated rings. The largest absolute Gasteiger partial charge is 0.480 e. The maximum absolute atomic E-state index is 12.8. The lowest BCUT2D eigenvalue weighted by Gasteiger charge is -2.27. The van der Waals surface area contributed by atoms with E-state index in [1.54, 1.807) is 6.92 Å². The number of nitrogens with zero attached hydrogens (tertiary/aromatic N) is 1. The molecular weight excluding hydrogens is 422 g/mol. The van der Waals surface area contributed by atoms with Crippen LogP contribution in [0.5, 0.6) is 0 Å². The summed E-state index contributed by atoms with van der Waals surface area (Å²) in [6.07, 6.45) is -0.101. The van der Waals surface area contributed by atoms with Gasteiger partial charge in [-0.1, -0.05) is 26.0 Å². The van der Waals surface area contributed by atoms with Crippen molar-refractivity contribution in [2.45, 2.75) is 58.5 Å². The van der Waals surface area contributed by atoms with Gasteiger partial charge in [-0.3, -0.25) is 24.5 Å². The van der Waals surface area contributed by atoms with Crippen molar-refractivity contribution in [2.24, 2.45) is 5.92 Å². The van der Waals surface area contributed by atoms with Crippen molar-refractivity contribution in [3.05, 3.63) is 39.9 Å². The first-order valence-electron chi connectivity index (χ1n) is 10.2. The fourth-order valence-corrected chi connectivity index (χ4v) is 3.21. The third kappa shape index (κ3) is 8.32. The van der Waals surface area contributed by atoms with Gasteiger partial charge in [0.1, 0.15) is 12.1 Å². The molecule has 0 aliphatic heterocycles. The molecule has 11 heteroatoms. The number of carbonyl (C=O) groups excluding carboxylic acids is 3. The Morgan fingerprint density at radius 3 is 2.16 bits per heavy atom. The number of nitro groups is 1. The van der Waals surface area contributed by atoms with Gasteiger partial charge in [-0.25, -0.2) is 4.79 Å². The number of ether oxygens (including phenoxy) is 1. The maximum Gasteiger partial charge on any atom is 0.326 e. The number of non-ortho nitro benzene ring substituents is 1. The summed E-state index contributed by atoms with van der Waals surface area (Å²) in [5, 5.41) is 25.7. The molecule has 0 saturated heterocycles. The van der Waals surface area contributed by atoms with E-state index in [-0.39, 0.29) is 31.1 Å². The third-order valence-corrected chi connectivity index (χ3v) is 4.59. The monoisotopic (exact) mass is 451 g/mol. The second-order valence-electron chi connectivity index (χ2n) is 7.67. The van der Waals surface area contributed by atoms with Crippen LogP contribution < -0.4 is 10.6 Å². The molecule has 0 aliphatic rings. The van der Waals surface area contributed by atoms with Gasteiger partial charge in [0, 0.05) is 25.0 Å². The molecule has 1 aromatic carbocycles. The molecule has 2 amide bonds. The molecule has 0 aromatic heterocycles. The van der Waals surface area contributed by atoms with Gasteiger partial charge in [0.25, 0.3) is 5.69 Å². The van der Waals surface area contributed by atoms with Gasteiger partial charge < -0.3 is 20.5 Å². The van der Waals surface area contributed by atoms with Crippen molar-refractivity contribution in [1.82, 2.24) is 10.6 Å². The highest BCUT2D eigenvalue weighted by atomic mass is 16.6. The van der Waals surface area contributed by atoms with Crippen LogP contribution in [-0.4, -0.2) is 52.5 Å². The number of carboxylic acid groups (broad SMARTS) is 1. The van der Waals surface area contributed by atoms with Crippen molar-refractivity contribution in [3.63, 3.8) is 0 Å². The van der Waals surface area contributed by atoms with Crippen LogP contribution in [-0.2, 0) is 23.9 Å². The van der Waals surface area contributed by atoms with Crippen LogP contribution in [0.15, 0.2) is 24.3 Å². The Morgan fingerprint density at radius 2 is 1.72 bits per heavy atom. The summed E-state index contributed by atoms with van der Waals surface area (Å²) in [5.41, 5.74) is 0.0958. The topological polar surface area (TPSA) is 165 Å². The van der Waals surface area contributed by atoms with E-state index in [9.17, 15) is 34.4 Å². The van der Waals surface area contributed by atoms with Crippen LogP contribution in [0.3, 0.4) is 0 Å². The van der Waals surface area contributed by atoms with Crippen molar-refractivity contribution >= 4 is 29.4 Å². The van der Waals surface area contributed by atoms with Gasteiger partial charge in [-0.05, 0) is 24.8 Å². The highest BCUT2D eigenvalue weighted by Gasteiger charge is 2.35. The van der Waals surface area contributed by atoms with E-state index < -0.39 is 46.7 Å². The molecule has 0 aliphatic carbocycles. The Hall–Kier alpha value is -3.50. The quantitative estimate of drug-likeness (QED) is 0.246. The Morgan fingerprint density at radius 1 is 1.12 bits per heavy atom. The average Bonchev–Trinajstić information content (AvgIpc) is 2.69. The van der Waals surface area contributed by atoms with E-state index in [0.717, 1.165) is 0 Å². The number of nitro benzene ring substituents is 1. The Balaban J connectivity index is 3.28. The zero-order valence-electron chi connectivity index (χ0n) is 18.5. The summed E-state index contributed by atoms with van der Waals surface area (Å²) in [6.45, 7) is 6.61. The smallest absolute Gasteiger partial charge is 0.326 e. The van der Waals surface area contributed by atoms with E-state index >= 15 is 0 Å². The van der Waals surface area contributed by atoms with E-state index in [0.29, 0.717) is 5.56 Å². The number of esters is 1. The van der Waals surface area contributed by atoms with Crippen molar-refractivity contribution in [1.29, 1.82) is 0 Å². The second kappa shape index (κ2) is 12.4. The van der Waals surface area contributed by atoms with Crippen molar-refractivity contribution in [2.75, 3.05) is 6.61 Å². The van der Waals surface area contributed by atoms with Crippen LogP contribution in [0, 0.1) is 16.0 Å². The zero-order chi connectivity index (χ0) is 24.4. The predicted octanol–water partition coefficient (Wildman–Crippen LogP) is 1.75. The SMILES string of the molecule is CCOC(=O)C[C@H](c1ccc([N+](=O)[O-])cc1)[C@H](NC(=O)[C@H](CC(C)C)NC(C)=O)C(=O)O. The molecule has 0 bridgehead atoms. The maximum atomic E-state index is 12.8. The molecule has 3 atom stereocenters. The molecule has 32 heavy (non-hydrogen) atoms. The highest BCUT2D eigenvalue weighted by Crippen LogP contribution is 2.27. The number of carbonyl (C=O) groups is 4. The van der Waals surface area contributed by atoms with Crippen LogP contribution in [0.25, 0.3) is 0 Å². The third-order valence-electron chi connectivity index (χ3n) is 4.59. The average molecular weight is 451 g/mol. The lowest BCUT2D eigenvalue weighted by atomic mass is 9.87. The summed E-state index contributed by atoms with van der Waals surface area (Å²) in [6, 6.07) is 2.54. The molecule has 0 unspecified atom stereocenters. The van der Waals surface area contributed by atoms with E-state index in [1.165, 1.54) is 31.2 Å². The van der Waals surface area contributed by atoms with Crippen LogP contribution >= 0.6 is 0 Å². The summed E-state index contributed by atoms with van der Waals surface area (Å²) >= 11 is 0. The Bertz CT molecular complexity index is 838. The molecule has 1 rings (SSSR count). The number of rotatable bonds is 12. The molecule has 3 N–H and O–H groups in total. The van der Waals surface area contributed by atoms with Crippen LogP contribution in [0.4, 0.5) is 5.69 Å². The lowest BCUT2D eigenvalue weighted by Crippen LogP contribution is -2.53. The number of amides is 2. The summed E-state index contributed by atoms with van der Waals surface area (Å²) in [5.74, 6) is -4.28. The molecule has 0 radical (unpaired) electrons. The van der Waals surface area contributed by atoms with Gasteiger partial charge in [-0.15, -0.1) is 0 Å². The van der Waals surface area contributed by atoms with Crippen LogP contribution in [0.1, 0.15) is 52.0 Å². The standard InChI is InChI=1S/C21H29N3O8/c1-5-32-18(26)11-16(14-6-8-15(9-7-14)24(30)31)19(21(28)29)23-20(27)17(10-12(2)3)22-13(4)25/h6-9,12,16-17,19H,5,10-11H2,1-4H3,(H,22,25)(H,23,27)(H,28,29)/t16-,17+,19+/m1/s1. The first kappa shape index (κ1) is 26.5. The fraction of sp³-hybridized carbons (Fsp3) is 0.524. The van der Waals surface area contributed by atoms with E-state index in [4.69, 9.17) is 4.74 Å². The first-order chi connectivity index (χ1) is 15.0. The number of nitrogens with one attached hydrogen (secondary N) is 2. The van der Waals surface area contributed by atoms with Gasteiger partial charge in [0.05, 0.1) is 18.0 Å². The molecule has 0 heterocycles. The van der Waals surface area contributed by atoms with E-state index in [1.807, 2.05) is 13.8 Å². The molecule has 1 aromatic rings. The number of aliphatic carboxylic acids is 1. The van der Waals surface area contributed by atoms with Crippen LogP contribution in [0.2, 0.25) is 0 Å². The number of carboxylic acids is 1. The Kier molecular flexibility index (Phi) is 10.3. The molecular formula is C21H29N3O8. The summed E-state index contributed by atoms with van der Waals surface area (Å²) in [4.78, 5) is 58.9. The molecule has 11 nitrogen and oxygen atoms in total.